The van der Waals surface area contributed by atoms with Gasteiger partial charge in [-0.1, -0.05) is 13.8 Å². The summed E-state index contributed by atoms with van der Waals surface area (Å²) in [4.78, 5) is 13.1. The zero-order valence-electron chi connectivity index (χ0n) is 9.86. The van der Waals surface area contributed by atoms with Crippen LogP contribution in [0.25, 0.3) is 0 Å². The summed E-state index contributed by atoms with van der Waals surface area (Å²) < 4.78 is 0. The predicted molar refractivity (Wildman–Crippen MR) is 59.6 cm³/mol. The van der Waals surface area contributed by atoms with Crippen LogP contribution in [0.15, 0.2) is 0 Å². The van der Waals surface area contributed by atoms with Crippen molar-refractivity contribution in [3.8, 4) is 0 Å². The fourth-order valence-electron chi connectivity index (χ4n) is 2.45. The normalized spacial score (nSPS) is 32.3. The second kappa shape index (κ2) is 4.49. The minimum absolute atomic E-state index is 0.441. The van der Waals surface area contributed by atoms with Crippen molar-refractivity contribution >= 4 is 5.97 Å². The number of carboxylic acid groups (broad SMARTS) is 1. The average molecular weight is 214 g/mol. The number of hydrogen-bond donors (Lipinski definition) is 2. The quantitative estimate of drug-likeness (QED) is 0.728. The van der Waals surface area contributed by atoms with Gasteiger partial charge in [-0.15, -0.1) is 0 Å². The van der Waals surface area contributed by atoms with Crippen LogP contribution < -0.4 is 5.73 Å². The van der Waals surface area contributed by atoms with E-state index in [9.17, 15) is 4.79 Å². The predicted octanol–water partition coefficient (Wildman–Crippen LogP) is 0.766. The van der Waals surface area contributed by atoms with Gasteiger partial charge in [0.1, 0.15) is 5.54 Å². The zero-order chi connectivity index (χ0) is 11.6. The molecule has 0 aromatic carbocycles. The van der Waals surface area contributed by atoms with E-state index >= 15 is 0 Å². The van der Waals surface area contributed by atoms with E-state index in [1.165, 1.54) is 6.42 Å². The van der Waals surface area contributed by atoms with Crippen molar-refractivity contribution in [2.24, 2.45) is 17.6 Å². The van der Waals surface area contributed by atoms with E-state index in [-0.39, 0.29) is 0 Å². The molecule has 15 heavy (non-hydrogen) atoms. The molecule has 0 aromatic heterocycles. The fraction of sp³-hybridized carbons (Fsp3) is 0.909. The highest BCUT2D eigenvalue weighted by molar-refractivity contribution is 5.78. The minimum Gasteiger partial charge on any atom is -0.480 e. The molecule has 3 unspecified atom stereocenters. The van der Waals surface area contributed by atoms with Gasteiger partial charge in [-0.25, -0.2) is 0 Å². The third-order valence-corrected chi connectivity index (χ3v) is 2.99. The number of carbonyl (C=O) groups is 1. The van der Waals surface area contributed by atoms with Gasteiger partial charge in [-0.05, 0) is 25.2 Å². The lowest BCUT2D eigenvalue weighted by Gasteiger charge is -2.38. The van der Waals surface area contributed by atoms with Crippen LogP contribution in [0, 0.1) is 11.8 Å². The van der Waals surface area contributed by atoms with Gasteiger partial charge in [0.25, 0.3) is 0 Å². The van der Waals surface area contributed by atoms with E-state index in [2.05, 4.69) is 18.7 Å². The first-order chi connectivity index (χ1) is 6.81. The molecule has 0 bridgehead atoms. The molecular weight excluding hydrogens is 192 g/mol. The van der Waals surface area contributed by atoms with Crippen molar-refractivity contribution < 1.29 is 9.90 Å². The molecule has 0 aliphatic carbocycles. The molecule has 0 aromatic rings. The summed E-state index contributed by atoms with van der Waals surface area (Å²) in [6.45, 7) is 8.36. The van der Waals surface area contributed by atoms with Crippen LogP contribution in [0.2, 0.25) is 0 Å². The van der Waals surface area contributed by atoms with Crippen LogP contribution in [0.5, 0.6) is 0 Å². The second-order valence-electron chi connectivity index (χ2n) is 5.36. The van der Waals surface area contributed by atoms with E-state index in [4.69, 9.17) is 10.8 Å². The van der Waals surface area contributed by atoms with E-state index in [0.717, 1.165) is 13.1 Å². The maximum Gasteiger partial charge on any atom is 0.324 e. The molecule has 1 aliphatic rings. The lowest BCUT2D eigenvalue weighted by molar-refractivity contribution is -0.143. The Morgan fingerprint density at radius 1 is 1.47 bits per heavy atom. The van der Waals surface area contributed by atoms with Crippen molar-refractivity contribution in [1.82, 2.24) is 4.90 Å². The molecule has 1 fully saturated rings. The highest BCUT2D eigenvalue weighted by Crippen LogP contribution is 2.21. The van der Waals surface area contributed by atoms with Crippen LogP contribution in [0.1, 0.15) is 27.2 Å². The Hall–Kier alpha value is -0.610. The third-order valence-electron chi connectivity index (χ3n) is 2.99. The van der Waals surface area contributed by atoms with Crippen LogP contribution in [-0.2, 0) is 4.79 Å². The highest BCUT2D eigenvalue weighted by Gasteiger charge is 2.33. The van der Waals surface area contributed by atoms with Crippen LogP contribution in [-0.4, -0.2) is 41.1 Å². The number of nitrogens with zero attached hydrogens (tertiary/aromatic N) is 1. The summed E-state index contributed by atoms with van der Waals surface area (Å²) in [6.07, 6.45) is 1.23. The van der Waals surface area contributed by atoms with Crippen LogP contribution in [0.4, 0.5) is 0 Å². The number of likely N-dealkylation sites (tertiary alicyclic amines) is 1. The van der Waals surface area contributed by atoms with Crippen molar-refractivity contribution in [1.29, 1.82) is 0 Å². The first-order valence-corrected chi connectivity index (χ1v) is 5.56. The van der Waals surface area contributed by atoms with Crippen molar-refractivity contribution in [3.63, 3.8) is 0 Å². The molecule has 88 valence electrons. The molecule has 0 radical (unpaired) electrons. The maximum absolute atomic E-state index is 10.9. The van der Waals surface area contributed by atoms with Gasteiger partial charge in [-0.3, -0.25) is 4.79 Å². The van der Waals surface area contributed by atoms with Gasteiger partial charge in [0.15, 0.2) is 0 Å². The number of rotatable bonds is 3. The van der Waals surface area contributed by atoms with E-state index < -0.39 is 11.5 Å². The zero-order valence-corrected chi connectivity index (χ0v) is 9.86. The SMILES string of the molecule is CC1CC(C)CN(CC(C)(N)C(=O)O)C1. The Bertz CT molecular complexity index is 231. The molecule has 1 rings (SSSR count). The average Bonchev–Trinajstić information content (AvgIpc) is 1.99. The maximum atomic E-state index is 10.9. The first-order valence-electron chi connectivity index (χ1n) is 5.56. The lowest BCUT2D eigenvalue weighted by atomic mass is 9.90. The molecule has 0 spiro atoms. The molecule has 0 saturated carbocycles. The Morgan fingerprint density at radius 2 is 1.93 bits per heavy atom. The second-order valence-corrected chi connectivity index (χ2v) is 5.36. The van der Waals surface area contributed by atoms with E-state index in [1.54, 1.807) is 6.92 Å². The molecule has 3 N–H and O–H groups in total. The van der Waals surface area contributed by atoms with Gasteiger partial charge in [0.2, 0.25) is 0 Å². The smallest absolute Gasteiger partial charge is 0.324 e. The Balaban J connectivity index is 2.54. The Kier molecular flexibility index (Phi) is 3.73. The van der Waals surface area contributed by atoms with E-state index in [0.29, 0.717) is 18.4 Å². The minimum atomic E-state index is -1.13. The molecule has 3 atom stereocenters. The van der Waals surface area contributed by atoms with Gasteiger partial charge < -0.3 is 15.7 Å². The molecular formula is C11H22N2O2. The Morgan fingerprint density at radius 3 is 2.33 bits per heavy atom. The summed E-state index contributed by atoms with van der Waals surface area (Å²) in [7, 11) is 0. The van der Waals surface area contributed by atoms with Crippen molar-refractivity contribution in [3.05, 3.63) is 0 Å². The number of nitrogens with two attached hydrogens (primary N) is 1. The molecule has 4 heteroatoms. The monoisotopic (exact) mass is 214 g/mol. The molecule has 1 heterocycles. The number of piperidine rings is 1. The number of hydrogen-bond acceptors (Lipinski definition) is 3. The summed E-state index contributed by atoms with van der Waals surface area (Å²) in [5.41, 5.74) is 4.61. The van der Waals surface area contributed by atoms with Crippen LogP contribution in [0.3, 0.4) is 0 Å². The largest absolute Gasteiger partial charge is 0.480 e. The molecule has 0 amide bonds. The summed E-state index contributed by atoms with van der Waals surface area (Å²) in [5.74, 6) is 0.352. The van der Waals surface area contributed by atoms with Crippen molar-refractivity contribution in [2.45, 2.75) is 32.7 Å². The lowest BCUT2D eigenvalue weighted by Crippen LogP contribution is -2.56. The molecule has 1 saturated heterocycles. The molecule has 4 nitrogen and oxygen atoms in total. The summed E-state index contributed by atoms with van der Waals surface area (Å²) in [5, 5.41) is 8.95. The summed E-state index contributed by atoms with van der Waals surface area (Å²) >= 11 is 0. The fourth-order valence-corrected chi connectivity index (χ4v) is 2.45. The topological polar surface area (TPSA) is 66.6 Å². The van der Waals surface area contributed by atoms with Gasteiger partial charge in [0, 0.05) is 19.6 Å². The number of carboxylic acids is 1. The standard InChI is InChI=1S/C11H22N2O2/c1-8-4-9(2)6-13(5-8)7-11(3,12)10(14)15/h8-9H,4-7,12H2,1-3H3,(H,14,15). The van der Waals surface area contributed by atoms with Gasteiger partial charge in [0.05, 0.1) is 0 Å². The van der Waals surface area contributed by atoms with Gasteiger partial charge >= 0.3 is 5.97 Å². The summed E-state index contributed by atoms with van der Waals surface area (Å²) in [6, 6.07) is 0. The Labute approximate surface area is 91.4 Å². The van der Waals surface area contributed by atoms with E-state index in [1.807, 2.05) is 0 Å². The number of aliphatic carboxylic acids is 1. The first kappa shape index (κ1) is 12.5. The highest BCUT2D eigenvalue weighted by atomic mass is 16.4. The molecule has 1 aliphatic heterocycles. The van der Waals surface area contributed by atoms with Gasteiger partial charge in [-0.2, -0.15) is 0 Å². The van der Waals surface area contributed by atoms with Crippen molar-refractivity contribution in [2.75, 3.05) is 19.6 Å². The van der Waals surface area contributed by atoms with Crippen LogP contribution >= 0.6 is 0 Å². The third kappa shape index (κ3) is 3.47.